The van der Waals surface area contributed by atoms with E-state index in [-0.39, 0.29) is 11.9 Å². The molecule has 0 aromatic rings. The highest BCUT2D eigenvalue weighted by Gasteiger charge is 2.30. The van der Waals surface area contributed by atoms with Gasteiger partial charge in [-0.15, -0.1) is 0 Å². The summed E-state index contributed by atoms with van der Waals surface area (Å²) in [5, 5.41) is 0. The first-order valence-corrected chi connectivity index (χ1v) is 4.42. The maximum absolute atomic E-state index is 11.1. The SMILES string of the molecule is CCCC(C)C1CCOC1=O. The minimum atomic E-state index is 0.0194. The molecule has 64 valence electrons. The van der Waals surface area contributed by atoms with E-state index < -0.39 is 0 Å². The van der Waals surface area contributed by atoms with E-state index in [1.807, 2.05) is 0 Å². The van der Waals surface area contributed by atoms with E-state index in [0.29, 0.717) is 12.5 Å². The van der Waals surface area contributed by atoms with Gasteiger partial charge in [-0.3, -0.25) is 4.79 Å². The molecule has 0 bridgehead atoms. The van der Waals surface area contributed by atoms with Gasteiger partial charge in [-0.05, 0) is 12.3 Å². The van der Waals surface area contributed by atoms with Gasteiger partial charge >= 0.3 is 5.97 Å². The number of carbonyl (C=O) groups is 1. The molecule has 0 spiro atoms. The number of carbonyl (C=O) groups excluding carboxylic acids is 1. The van der Waals surface area contributed by atoms with Gasteiger partial charge in [0.25, 0.3) is 0 Å². The Balaban J connectivity index is 2.39. The van der Waals surface area contributed by atoms with Crippen LogP contribution in [0.15, 0.2) is 0 Å². The molecule has 1 fully saturated rings. The van der Waals surface area contributed by atoms with Crippen LogP contribution in [-0.2, 0) is 9.53 Å². The van der Waals surface area contributed by atoms with Crippen LogP contribution >= 0.6 is 0 Å². The van der Waals surface area contributed by atoms with Gasteiger partial charge in [0.1, 0.15) is 0 Å². The van der Waals surface area contributed by atoms with Gasteiger partial charge in [-0.25, -0.2) is 0 Å². The highest BCUT2D eigenvalue weighted by molar-refractivity contribution is 5.74. The van der Waals surface area contributed by atoms with Crippen molar-refractivity contribution in [1.82, 2.24) is 0 Å². The van der Waals surface area contributed by atoms with Crippen LogP contribution in [0.2, 0.25) is 0 Å². The second-order valence-corrected chi connectivity index (χ2v) is 3.33. The molecule has 1 aliphatic heterocycles. The van der Waals surface area contributed by atoms with Crippen molar-refractivity contribution in [3.05, 3.63) is 0 Å². The number of esters is 1. The van der Waals surface area contributed by atoms with E-state index in [1.54, 1.807) is 0 Å². The highest BCUT2D eigenvalue weighted by atomic mass is 16.5. The summed E-state index contributed by atoms with van der Waals surface area (Å²) in [6, 6.07) is 0. The quantitative estimate of drug-likeness (QED) is 0.584. The molecule has 11 heavy (non-hydrogen) atoms. The molecule has 1 heterocycles. The summed E-state index contributed by atoms with van der Waals surface area (Å²) in [5.41, 5.74) is 0. The Morgan fingerprint density at radius 3 is 2.91 bits per heavy atom. The summed E-state index contributed by atoms with van der Waals surface area (Å²) in [5.74, 6) is 0.718. The molecule has 1 saturated heterocycles. The lowest BCUT2D eigenvalue weighted by molar-refractivity contribution is -0.142. The predicted molar refractivity (Wildman–Crippen MR) is 43.1 cm³/mol. The summed E-state index contributed by atoms with van der Waals surface area (Å²) >= 11 is 0. The molecule has 0 saturated carbocycles. The average Bonchev–Trinajstić information content (AvgIpc) is 2.36. The van der Waals surface area contributed by atoms with Crippen LogP contribution in [0.5, 0.6) is 0 Å². The van der Waals surface area contributed by atoms with Gasteiger partial charge < -0.3 is 4.74 Å². The predicted octanol–water partition coefficient (Wildman–Crippen LogP) is 1.99. The monoisotopic (exact) mass is 156 g/mol. The van der Waals surface area contributed by atoms with Crippen LogP contribution in [0.4, 0.5) is 0 Å². The molecule has 2 heteroatoms. The van der Waals surface area contributed by atoms with E-state index in [9.17, 15) is 4.79 Å². The summed E-state index contributed by atoms with van der Waals surface area (Å²) < 4.78 is 4.89. The lowest BCUT2D eigenvalue weighted by Gasteiger charge is -2.13. The smallest absolute Gasteiger partial charge is 0.309 e. The van der Waals surface area contributed by atoms with Crippen LogP contribution in [0, 0.1) is 11.8 Å². The molecule has 0 aromatic heterocycles. The lowest BCUT2D eigenvalue weighted by atomic mass is 9.89. The van der Waals surface area contributed by atoms with Crippen molar-refractivity contribution in [3.63, 3.8) is 0 Å². The Labute approximate surface area is 67.9 Å². The van der Waals surface area contributed by atoms with Crippen molar-refractivity contribution in [2.75, 3.05) is 6.61 Å². The van der Waals surface area contributed by atoms with Gasteiger partial charge in [-0.2, -0.15) is 0 Å². The number of hydrogen-bond donors (Lipinski definition) is 0. The van der Waals surface area contributed by atoms with Crippen molar-refractivity contribution in [1.29, 1.82) is 0 Å². The van der Waals surface area contributed by atoms with Crippen LogP contribution in [0.1, 0.15) is 33.1 Å². The van der Waals surface area contributed by atoms with E-state index in [4.69, 9.17) is 4.74 Å². The van der Waals surface area contributed by atoms with Crippen molar-refractivity contribution < 1.29 is 9.53 Å². The first-order chi connectivity index (χ1) is 5.25. The normalized spacial score (nSPS) is 26.7. The fourth-order valence-electron chi connectivity index (χ4n) is 1.68. The van der Waals surface area contributed by atoms with E-state index >= 15 is 0 Å². The third-order valence-electron chi connectivity index (χ3n) is 2.41. The first-order valence-electron chi connectivity index (χ1n) is 4.42. The molecule has 0 aliphatic carbocycles. The Kier molecular flexibility index (Phi) is 2.92. The largest absolute Gasteiger partial charge is 0.465 e. The van der Waals surface area contributed by atoms with Crippen LogP contribution in [0.25, 0.3) is 0 Å². The fraction of sp³-hybridized carbons (Fsp3) is 0.889. The van der Waals surface area contributed by atoms with Crippen LogP contribution < -0.4 is 0 Å². The highest BCUT2D eigenvalue weighted by Crippen LogP contribution is 2.26. The Morgan fingerprint density at radius 1 is 1.73 bits per heavy atom. The van der Waals surface area contributed by atoms with Gasteiger partial charge in [0.2, 0.25) is 0 Å². The molecular weight excluding hydrogens is 140 g/mol. The molecule has 1 aliphatic rings. The van der Waals surface area contributed by atoms with Gasteiger partial charge in [0, 0.05) is 0 Å². The minimum Gasteiger partial charge on any atom is -0.465 e. The van der Waals surface area contributed by atoms with Crippen LogP contribution in [-0.4, -0.2) is 12.6 Å². The maximum atomic E-state index is 11.1. The number of cyclic esters (lactones) is 1. The first kappa shape index (κ1) is 8.57. The number of hydrogen-bond acceptors (Lipinski definition) is 2. The summed E-state index contributed by atoms with van der Waals surface area (Å²) in [7, 11) is 0. The molecule has 0 N–H and O–H groups in total. The van der Waals surface area contributed by atoms with E-state index in [1.165, 1.54) is 0 Å². The minimum absolute atomic E-state index is 0.0194. The van der Waals surface area contributed by atoms with Crippen molar-refractivity contribution in [2.45, 2.75) is 33.1 Å². The Morgan fingerprint density at radius 2 is 2.45 bits per heavy atom. The second kappa shape index (κ2) is 3.74. The van der Waals surface area contributed by atoms with Crippen molar-refractivity contribution in [3.8, 4) is 0 Å². The molecule has 2 unspecified atom stereocenters. The number of rotatable bonds is 3. The molecule has 2 atom stereocenters. The molecule has 0 radical (unpaired) electrons. The third kappa shape index (κ3) is 1.95. The van der Waals surface area contributed by atoms with Gasteiger partial charge in [0.05, 0.1) is 12.5 Å². The van der Waals surface area contributed by atoms with E-state index in [2.05, 4.69) is 13.8 Å². The standard InChI is InChI=1S/C9H16O2/c1-3-4-7(2)8-5-6-11-9(8)10/h7-8H,3-6H2,1-2H3. The zero-order valence-electron chi connectivity index (χ0n) is 7.30. The van der Waals surface area contributed by atoms with Gasteiger partial charge in [-0.1, -0.05) is 26.7 Å². The van der Waals surface area contributed by atoms with Crippen LogP contribution in [0.3, 0.4) is 0 Å². The summed E-state index contributed by atoms with van der Waals surface area (Å²) in [6.07, 6.45) is 3.23. The lowest BCUT2D eigenvalue weighted by Crippen LogP contribution is -2.16. The van der Waals surface area contributed by atoms with Gasteiger partial charge in [0.15, 0.2) is 0 Å². The van der Waals surface area contributed by atoms with Crippen molar-refractivity contribution in [2.24, 2.45) is 11.8 Å². The summed E-state index contributed by atoms with van der Waals surface area (Å²) in [4.78, 5) is 11.1. The molecule has 0 aromatic carbocycles. The topological polar surface area (TPSA) is 26.3 Å². The Bertz CT molecular complexity index is 142. The fourth-order valence-corrected chi connectivity index (χ4v) is 1.68. The second-order valence-electron chi connectivity index (χ2n) is 3.33. The van der Waals surface area contributed by atoms with E-state index in [0.717, 1.165) is 19.3 Å². The van der Waals surface area contributed by atoms with Crippen molar-refractivity contribution >= 4 is 5.97 Å². The number of ether oxygens (including phenoxy) is 1. The molecular formula is C9H16O2. The molecule has 0 amide bonds. The zero-order valence-corrected chi connectivity index (χ0v) is 7.30. The maximum Gasteiger partial charge on any atom is 0.309 e. The molecule has 2 nitrogen and oxygen atoms in total. The zero-order chi connectivity index (χ0) is 8.27. The molecule has 1 rings (SSSR count). The third-order valence-corrected chi connectivity index (χ3v) is 2.41. The average molecular weight is 156 g/mol. The summed E-state index contributed by atoms with van der Waals surface area (Å²) in [6.45, 7) is 4.93. The Hall–Kier alpha value is -0.530.